The molecule has 0 heterocycles. The molecule has 0 bridgehead atoms. The molecule has 53 valence electrons. The molecular formula is C8H15O. The molecule has 1 atom stereocenters. The first kappa shape index (κ1) is 8.67. The SMILES string of the molecule is [CH2]CCC(C)CC(C)=O. The molecule has 0 fully saturated rings. The topological polar surface area (TPSA) is 17.1 Å². The van der Waals surface area contributed by atoms with Crippen LogP contribution in [0.1, 0.15) is 33.1 Å². The van der Waals surface area contributed by atoms with Gasteiger partial charge in [0.15, 0.2) is 0 Å². The molecule has 0 aromatic heterocycles. The lowest BCUT2D eigenvalue weighted by Crippen LogP contribution is -2.00. The summed E-state index contributed by atoms with van der Waals surface area (Å²) in [5, 5.41) is 0. The zero-order chi connectivity index (χ0) is 7.28. The molecule has 1 unspecified atom stereocenters. The van der Waals surface area contributed by atoms with Crippen LogP contribution in [0.5, 0.6) is 0 Å². The highest BCUT2D eigenvalue weighted by molar-refractivity contribution is 5.75. The van der Waals surface area contributed by atoms with Gasteiger partial charge in [-0.15, -0.1) is 0 Å². The Bertz CT molecular complexity index is 86.6. The Balaban J connectivity index is 3.26. The molecule has 0 aromatic carbocycles. The van der Waals surface area contributed by atoms with E-state index in [0.29, 0.717) is 5.92 Å². The van der Waals surface area contributed by atoms with Crippen molar-refractivity contribution in [2.75, 3.05) is 0 Å². The van der Waals surface area contributed by atoms with E-state index < -0.39 is 0 Å². The molecule has 1 nitrogen and oxygen atoms in total. The largest absolute Gasteiger partial charge is 0.300 e. The number of ketones is 1. The van der Waals surface area contributed by atoms with E-state index in [2.05, 4.69) is 13.8 Å². The molecular weight excluding hydrogens is 112 g/mol. The molecule has 0 spiro atoms. The normalized spacial score (nSPS) is 13.2. The number of Topliss-reactive ketones (excluding diaryl/α,β-unsaturated/α-hetero) is 1. The van der Waals surface area contributed by atoms with Gasteiger partial charge in [0.1, 0.15) is 5.78 Å². The van der Waals surface area contributed by atoms with Gasteiger partial charge in [-0.05, 0) is 12.8 Å². The molecule has 0 N–H and O–H groups in total. The van der Waals surface area contributed by atoms with Crippen molar-refractivity contribution in [3.63, 3.8) is 0 Å². The van der Waals surface area contributed by atoms with Crippen LogP contribution in [0.2, 0.25) is 0 Å². The van der Waals surface area contributed by atoms with Gasteiger partial charge in [0.25, 0.3) is 0 Å². The number of carbonyl (C=O) groups is 1. The van der Waals surface area contributed by atoms with Crippen molar-refractivity contribution < 1.29 is 4.79 Å². The van der Waals surface area contributed by atoms with Crippen molar-refractivity contribution in [3.8, 4) is 0 Å². The molecule has 0 saturated heterocycles. The fraction of sp³-hybridized carbons (Fsp3) is 0.750. The van der Waals surface area contributed by atoms with Gasteiger partial charge in [-0.2, -0.15) is 0 Å². The molecule has 1 heteroatoms. The summed E-state index contributed by atoms with van der Waals surface area (Å²) >= 11 is 0. The second kappa shape index (κ2) is 4.54. The average molecular weight is 127 g/mol. The van der Waals surface area contributed by atoms with Gasteiger partial charge in [-0.3, -0.25) is 0 Å². The van der Waals surface area contributed by atoms with Crippen LogP contribution in [0.25, 0.3) is 0 Å². The number of rotatable bonds is 4. The molecule has 9 heavy (non-hydrogen) atoms. The molecule has 0 amide bonds. The molecule has 0 aliphatic rings. The van der Waals surface area contributed by atoms with Crippen molar-refractivity contribution >= 4 is 5.78 Å². The number of hydrogen-bond donors (Lipinski definition) is 0. The number of hydrogen-bond acceptors (Lipinski definition) is 1. The van der Waals surface area contributed by atoms with E-state index in [-0.39, 0.29) is 5.78 Å². The van der Waals surface area contributed by atoms with E-state index in [1.165, 1.54) is 0 Å². The predicted molar refractivity (Wildman–Crippen MR) is 39.1 cm³/mol. The Kier molecular flexibility index (Phi) is 4.37. The van der Waals surface area contributed by atoms with Crippen LogP contribution in [0.3, 0.4) is 0 Å². The van der Waals surface area contributed by atoms with E-state index in [1.54, 1.807) is 6.92 Å². The first-order chi connectivity index (χ1) is 4.16. The molecule has 0 saturated carbocycles. The third kappa shape index (κ3) is 5.54. The molecule has 0 aromatic rings. The second-order valence-electron chi connectivity index (χ2n) is 2.65. The summed E-state index contributed by atoms with van der Waals surface area (Å²) in [7, 11) is 0. The Hall–Kier alpha value is -0.330. The Morgan fingerprint density at radius 3 is 2.56 bits per heavy atom. The lowest BCUT2D eigenvalue weighted by atomic mass is 10.0. The van der Waals surface area contributed by atoms with Gasteiger partial charge in [-0.1, -0.05) is 26.7 Å². The average Bonchev–Trinajstić information content (AvgIpc) is 1.63. The second-order valence-corrected chi connectivity index (χ2v) is 2.65. The third-order valence-corrected chi connectivity index (χ3v) is 1.33. The first-order valence-electron chi connectivity index (χ1n) is 3.45. The van der Waals surface area contributed by atoms with Crippen molar-refractivity contribution in [1.29, 1.82) is 0 Å². The standard InChI is InChI=1S/C8H15O/c1-4-5-7(2)6-8(3)9/h7H,1,4-6H2,2-3H3. The van der Waals surface area contributed by atoms with Gasteiger partial charge in [-0.25, -0.2) is 0 Å². The lowest BCUT2D eigenvalue weighted by Gasteiger charge is -2.04. The quantitative estimate of drug-likeness (QED) is 0.566. The highest BCUT2D eigenvalue weighted by Gasteiger charge is 2.02. The first-order valence-corrected chi connectivity index (χ1v) is 3.45. The smallest absolute Gasteiger partial charge is 0.130 e. The van der Waals surface area contributed by atoms with Crippen molar-refractivity contribution in [1.82, 2.24) is 0 Å². The van der Waals surface area contributed by atoms with Gasteiger partial charge in [0, 0.05) is 6.42 Å². The van der Waals surface area contributed by atoms with Crippen LogP contribution in [-0.4, -0.2) is 5.78 Å². The fourth-order valence-corrected chi connectivity index (χ4v) is 0.941. The van der Waals surface area contributed by atoms with E-state index >= 15 is 0 Å². The predicted octanol–water partition coefficient (Wildman–Crippen LogP) is 2.22. The summed E-state index contributed by atoms with van der Waals surface area (Å²) in [6.45, 7) is 7.45. The molecule has 0 aliphatic carbocycles. The molecule has 1 radical (unpaired) electrons. The minimum Gasteiger partial charge on any atom is -0.300 e. The molecule has 0 aliphatic heterocycles. The fourth-order valence-electron chi connectivity index (χ4n) is 0.941. The minimum atomic E-state index is 0.288. The van der Waals surface area contributed by atoms with Gasteiger partial charge >= 0.3 is 0 Å². The van der Waals surface area contributed by atoms with E-state index in [1.807, 2.05) is 0 Å². The van der Waals surface area contributed by atoms with Crippen LogP contribution in [0, 0.1) is 12.8 Å². The summed E-state index contributed by atoms with van der Waals surface area (Å²) in [6, 6.07) is 0. The summed E-state index contributed by atoms with van der Waals surface area (Å²) in [5.41, 5.74) is 0. The van der Waals surface area contributed by atoms with Crippen LogP contribution >= 0.6 is 0 Å². The Labute approximate surface area is 57.5 Å². The maximum Gasteiger partial charge on any atom is 0.130 e. The Morgan fingerprint density at radius 2 is 2.22 bits per heavy atom. The van der Waals surface area contributed by atoms with E-state index in [0.717, 1.165) is 19.3 Å². The maximum absolute atomic E-state index is 10.5. The van der Waals surface area contributed by atoms with Crippen molar-refractivity contribution in [3.05, 3.63) is 6.92 Å². The monoisotopic (exact) mass is 127 g/mol. The van der Waals surface area contributed by atoms with Crippen LogP contribution in [0.4, 0.5) is 0 Å². The van der Waals surface area contributed by atoms with Crippen molar-refractivity contribution in [2.24, 2.45) is 5.92 Å². The van der Waals surface area contributed by atoms with Crippen LogP contribution in [-0.2, 0) is 4.79 Å². The summed E-state index contributed by atoms with van der Waals surface area (Å²) in [6.07, 6.45) is 2.73. The van der Waals surface area contributed by atoms with Gasteiger partial charge in [0.05, 0.1) is 0 Å². The minimum absolute atomic E-state index is 0.288. The zero-order valence-corrected chi connectivity index (χ0v) is 6.31. The summed E-state index contributed by atoms with van der Waals surface area (Å²) in [4.78, 5) is 10.5. The maximum atomic E-state index is 10.5. The van der Waals surface area contributed by atoms with Crippen molar-refractivity contribution in [2.45, 2.75) is 33.1 Å². The van der Waals surface area contributed by atoms with Crippen LogP contribution in [0.15, 0.2) is 0 Å². The van der Waals surface area contributed by atoms with Gasteiger partial charge in [0.2, 0.25) is 0 Å². The van der Waals surface area contributed by atoms with E-state index in [4.69, 9.17) is 0 Å². The zero-order valence-electron chi connectivity index (χ0n) is 6.31. The third-order valence-electron chi connectivity index (χ3n) is 1.33. The Morgan fingerprint density at radius 1 is 1.67 bits per heavy atom. The number of carbonyl (C=O) groups excluding carboxylic acids is 1. The van der Waals surface area contributed by atoms with Crippen LogP contribution < -0.4 is 0 Å². The highest BCUT2D eigenvalue weighted by Crippen LogP contribution is 2.08. The summed E-state index contributed by atoms with van der Waals surface area (Å²) < 4.78 is 0. The highest BCUT2D eigenvalue weighted by atomic mass is 16.1. The molecule has 0 rings (SSSR count). The summed E-state index contributed by atoms with van der Waals surface area (Å²) in [5.74, 6) is 0.816. The lowest BCUT2D eigenvalue weighted by molar-refractivity contribution is -0.117. The van der Waals surface area contributed by atoms with E-state index in [9.17, 15) is 4.79 Å². The van der Waals surface area contributed by atoms with Gasteiger partial charge < -0.3 is 4.79 Å².